The van der Waals surface area contributed by atoms with Gasteiger partial charge in [0.2, 0.25) is 0 Å². The number of rotatable bonds is 4. The third kappa shape index (κ3) is 4.22. The molecule has 1 amide bonds. The van der Waals surface area contributed by atoms with Gasteiger partial charge in [0.25, 0.3) is 11.9 Å². The van der Waals surface area contributed by atoms with Crippen LogP contribution in [0.2, 0.25) is 5.02 Å². The zero-order chi connectivity index (χ0) is 19.6. The quantitative estimate of drug-likeness (QED) is 0.731. The molecule has 1 N–H and O–H groups in total. The predicted molar refractivity (Wildman–Crippen MR) is 89.3 cm³/mol. The maximum absolute atomic E-state index is 12.9. The minimum absolute atomic E-state index is 0.191. The first-order valence-corrected chi connectivity index (χ1v) is 7.99. The highest BCUT2D eigenvalue weighted by molar-refractivity contribution is 6.31. The van der Waals surface area contributed by atoms with Gasteiger partial charge in [-0.3, -0.25) is 4.79 Å². The molecule has 7 nitrogen and oxygen atoms in total. The summed E-state index contributed by atoms with van der Waals surface area (Å²) in [5.41, 5.74) is -1.22. The number of hydrogen-bond donors (Lipinski definition) is 1. The van der Waals surface area contributed by atoms with E-state index in [9.17, 15) is 18.0 Å². The van der Waals surface area contributed by atoms with E-state index in [4.69, 9.17) is 11.6 Å². The molecule has 2 heterocycles. The molecule has 2 aromatic heterocycles. The van der Waals surface area contributed by atoms with Crippen molar-refractivity contribution in [2.75, 3.05) is 0 Å². The van der Waals surface area contributed by atoms with Crippen LogP contribution >= 0.6 is 11.6 Å². The predicted octanol–water partition coefficient (Wildman–Crippen LogP) is 3.22. The number of halogens is 4. The van der Waals surface area contributed by atoms with E-state index in [1.807, 2.05) is 0 Å². The smallest absolute Gasteiger partial charge is 0.342 e. The van der Waals surface area contributed by atoms with Gasteiger partial charge in [-0.05, 0) is 31.2 Å². The summed E-state index contributed by atoms with van der Waals surface area (Å²) in [5.74, 6) is -0.181. The number of amides is 1. The highest BCUT2D eigenvalue weighted by Crippen LogP contribution is 2.32. The van der Waals surface area contributed by atoms with Crippen LogP contribution in [0.4, 0.5) is 13.2 Å². The van der Waals surface area contributed by atoms with Crippen molar-refractivity contribution in [1.29, 1.82) is 0 Å². The molecular formula is C16H12ClF3N6O. The Morgan fingerprint density at radius 1 is 1.19 bits per heavy atom. The molecule has 0 bridgehead atoms. The van der Waals surface area contributed by atoms with Crippen LogP contribution in [0.25, 0.3) is 5.95 Å². The maximum Gasteiger partial charge on any atom is 0.416 e. The number of aromatic nitrogens is 5. The molecule has 0 saturated carbocycles. The van der Waals surface area contributed by atoms with Crippen LogP contribution in [-0.2, 0) is 6.18 Å². The summed E-state index contributed by atoms with van der Waals surface area (Å²) in [6.07, 6.45) is -0.324. The Morgan fingerprint density at radius 3 is 2.56 bits per heavy atom. The van der Waals surface area contributed by atoms with Crippen molar-refractivity contribution in [3.8, 4) is 5.95 Å². The van der Waals surface area contributed by atoms with Gasteiger partial charge in [0.05, 0.1) is 11.6 Å². The van der Waals surface area contributed by atoms with Crippen molar-refractivity contribution < 1.29 is 18.0 Å². The first kappa shape index (κ1) is 18.8. The number of hydrogen-bond acceptors (Lipinski definition) is 5. The Morgan fingerprint density at radius 2 is 1.89 bits per heavy atom. The number of alkyl halides is 3. The number of carbonyl (C=O) groups excluding carboxylic acids is 1. The molecule has 3 rings (SSSR count). The third-order valence-corrected chi connectivity index (χ3v) is 3.76. The monoisotopic (exact) mass is 396 g/mol. The van der Waals surface area contributed by atoms with Crippen LogP contribution in [0.5, 0.6) is 0 Å². The summed E-state index contributed by atoms with van der Waals surface area (Å²) >= 11 is 5.72. The molecule has 1 aromatic carbocycles. The number of nitrogens with zero attached hydrogens (tertiary/aromatic N) is 5. The molecule has 0 aliphatic heterocycles. The summed E-state index contributed by atoms with van der Waals surface area (Å²) in [6.45, 7) is 1.61. The van der Waals surface area contributed by atoms with Crippen LogP contribution in [-0.4, -0.2) is 30.6 Å². The minimum Gasteiger partial charge on any atom is -0.342 e. The lowest BCUT2D eigenvalue weighted by Gasteiger charge is -2.15. The fraction of sp³-hybridized carbons (Fsp3) is 0.188. The number of nitrogens with one attached hydrogen (secondary N) is 1. The second-order valence-corrected chi connectivity index (χ2v) is 5.94. The van der Waals surface area contributed by atoms with E-state index in [-0.39, 0.29) is 16.5 Å². The van der Waals surface area contributed by atoms with Crippen LogP contribution in [0.1, 0.15) is 34.7 Å². The van der Waals surface area contributed by atoms with E-state index in [0.717, 1.165) is 18.2 Å². The Balaban J connectivity index is 1.84. The highest BCUT2D eigenvalue weighted by atomic mass is 35.5. The first-order valence-electron chi connectivity index (χ1n) is 7.61. The SMILES string of the molecule is CC(NC(=O)c1cc(Cl)cc(C(F)(F)F)c1)c1ncnn1-c1ncccn1. The van der Waals surface area contributed by atoms with Gasteiger partial charge < -0.3 is 5.32 Å². The molecular weight excluding hydrogens is 385 g/mol. The van der Waals surface area contributed by atoms with Gasteiger partial charge >= 0.3 is 6.18 Å². The summed E-state index contributed by atoms with van der Waals surface area (Å²) < 4.78 is 40.1. The van der Waals surface area contributed by atoms with E-state index in [0.29, 0.717) is 5.82 Å². The molecule has 0 aliphatic carbocycles. The Bertz CT molecular complexity index is 960. The van der Waals surface area contributed by atoms with Crippen molar-refractivity contribution in [1.82, 2.24) is 30.0 Å². The topological polar surface area (TPSA) is 85.6 Å². The fourth-order valence-corrected chi connectivity index (χ4v) is 2.56. The molecule has 0 spiro atoms. The van der Waals surface area contributed by atoms with Gasteiger partial charge in [-0.2, -0.15) is 23.0 Å². The third-order valence-electron chi connectivity index (χ3n) is 3.54. The van der Waals surface area contributed by atoms with Crippen LogP contribution in [0.15, 0.2) is 43.0 Å². The van der Waals surface area contributed by atoms with Crippen molar-refractivity contribution in [3.05, 3.63) is 65.0 Å². The molecule has 0 aliphatic rings. The fourth-order valence-electron chi connectivity index (χ4n) is 2.33. The molecule has 0 radical (unpaired) electrons. The summed E-state index contributed by atoms with van der Waals surface area (Å²) in [6, 6.07) is 3.59. The van der Waals surface area contributed by atoms with Gasteiger partial charge in [0, 0.05) is 23.0 Å². The average molecular weight is 397 g/mol. The molecule has 0 fully saturated rings. The summed E-state index contributed by atoms with van der Waals surface area (Å²) in [4.78, 5) is 24.6. The second-order valence-electron chi connectivity index (χ2n) is 5.50. The lowest BCUT2D eigenvalue weighted by molar-refractivity contribution is -0.137. The van der Waals surface area contributed by atoms with Gasteiger partial charge in [0.15, 0.2) is 5.82 Å². The molecule has 3 aromatic rings. The maximum atomic E-state index is 12.9. The lowest BCUT2D eigenvalue weighted by Crippen LogP contribution is -2.29. The first-order chi connectivity index (χ1) is 12.8. The van der Waals surface area contributed by atoms with Gasteiger partial charge in [-0.25, -0.2) is 15.0 Å². The van der Waals surface area contributed by atoms with Crippen LogP contribution in [0.3, 0.4) is 0 Å². The standard InChI is InChI=1S/C16H12ClF3N6O/c1-9(13-23-8-24-26(13)15-21-3-2-4-22-15)25-14(27)10-5-11(16(18,19)20)7-12(17)6-10/h2-9H,1H3,(H,25,27). The van der Waals surface area contributed by atoms with Gasteiger partial charge in [0.1, 0.15) is 6.33 Å². The van der Waals surface area contributed by atoms with Gasteiger partial charge in [-0.1, -0.05) is 11.6 Å². The molecule has 27 heavy (non-hydrogen) atoms. The Labute approximate surface area is 156 Å². The normalized spacial score (nSPS) is 12.6. The van der Waals surface area contributed by atoms with E-state index in [1.165, 1.54) is 23.4 Å². The highest BCUT2D eigenvalue weighted by Gasteiger charge is 2.32. The van der Waals surface area contributed by atoms with Crippen molar-refractivity contribution in [3.63, 3.8) is 0 Å². The number of benzene rings is 1. The van der Waals surface area contributed by atoms with Crippen molar-refractivity contribution >= 4 is 17.5 Å². The zero-order valence-corrected chi connectivity index (χ0v) is 14.5. The van der Waals surface area contributed by atoms with E-state index >= 15 is 0 Å². The average Bonchev–Trinajstić information content (AvgIpc) is 3.11. The molecule has 11 heteroatoms. The van der Waals surface area contributed by atoms with Gasteiger partial charge in [-0.15, -0.1) is 0 Å². The Hall–Kier alpha value is -3.01. The van der Waals surface area contributed by atoms with Crippen molar-refractivity contribution in [2.45, 2.75) is 19.1 Å². The van der Waals surface area contributed by atoms with E-state index in [1.54, 1.807) is 13.0 Å². The zero-order valence-electron chi connectivity index (χ0n) is 13.8. The Kier molecular flexibility index (Phi) is 5.08. The minimum atomic E-state index is -4.61. The summed E-state index contributed by atoms with van der Waals surface area (Å²) in [7, 11) is 0. The van der Waals surface area contributed by atoms with Crippen molar-refractivity contribution in [2.24, 2.45) is 0 Å². The lowest BCUT2D eigenvalue weighted by atomic mass is 10.1. The van der Waals surface area contributed by atoms with Crippen LogP contribution < -0.4 is 5.32 Å². The molecule has 0 saturated heterocycles. The van der Waals surface area contributed by atoms with E-state index in [2.05, 4.69) is 25.4 Å². The van der Waals surface area contributed by atoms with E-state index < -0.39 is 23.7 Å². The summed E-state index contributed by atoms with van der Waals surface area (Å²) in [5, 5.41) is 6.39. The largest absolute Gasteiger partial charge is 0.416 e. The number of carbonyl (C=O) groups is 1. The van der Waals surface area contributed by atoms with Crippen LogP contribution in [0, 0.1) is 0 Å². The molecule has 1 atom stereocenters. The second kappa shape index (κ2) is 7.31. The molecule has 1 unspecified atom stereocenters. The molecule has 140 valence electrons.